The third-order valence-corrected chi connectivity index (χ3v) is 2.70. The van der Waals surface area contributed by atoms with Gasteiger partial charge < -0.3 is 11.1 Å². The second-order valence-electron chi connectivity index (χ2n) is 3.05. The minimum absolute atomic E-state index is 0.0470. The van der Waals surface area contributed by atoms with Gasteiger partial charge in [0.2, 0.25) is 5.91 Å². The fraction of sp³-hybridized carbons (Fsp3) is 0.300. The summed E-state index contributed by atoms with van der Waals surface area (Å²) in [4.78, 5) is 11.2. The van der Waals surface area contributed by atoms with Crippen LogP contribution in [0.2, 0.25) is 0 Å². The lowest BCUT2D eigenvalue weighted by Crippen LogP contribution is -2.16. The summed E-state index contributed by atoms with van der Waals surface area (Å²) in [6, 6.07) is 5.68. The molecule has 1 aromatic rings. The Balaban J connectivity index is 2.68. The number of benzene rings is 1. The van der Waals surface area contributed by atoms with Gasteiger partial charge in [-0.3, -0.25) is 4.79 Å². The molecule has 0 aliphatic rings. The standard InChI is InChI=1S/C10H13BrN2O/c1-7-6-8(2-3-9(7)11)13-10(14)4-5-12/h2-3,6H,4-5,12H2,1H3,(H,13,14). The average Bonchev–Trinajstić information content (AvgIpc) is 2.12. The van der Waals surface area contributed by atoms with E-state index in [0.717, 1.165) is 15.7 Å². The second kappa shape index (κ2) is 5.12. The van der Waals surface area contributed by atoms with Gasteiger partial charge in [0.25, 0.3) is 0 Å². The number of hydrogen-bond donors (Lipinski definition) is 2. The Labute approximate surface area is 91.8 Å². The van der Waals surface area contributed by atoms with E-state index in [4.69, 9.17) is 5.73 Å². The minimum Gasteiger partial charge on any atom is -0.330 e. The lowest BCUT2D eigenvalue weighted by molar-refractivity contribution is -0.116. The van der Waals surface area contributed by atoms with Gasteiger partial charge in [0, 0.05) is 23.1 Å². The Kier molecular flexibility index (Phi) is 4.10. The first-order valence-corrected chi connectivity index (χ1v) is 5.19. The Morgan fingerprint density at radius 1 is 1.57 bits per heavy atom. The number of amides is 1. The Morgan fingerprint density at radius 2 is 2.29 bits per heavy atom. The van der Waals surface area contributed by atoms with E-state index in [1.807, 2.05) is 25.1 Å². The van der Waals surface area contributed by atoms with Gasteiger partial charge in [0.1, 0.15) is 0 Å². The quantitative estimate of drug-likeness (QED) is 0.870. The van der Waals surface area contributed by atoms with Gasteiger partial charge in [-0.2, -0.15) is 0 Å². The largest absolute Gasteiger partial charge is 0.330 e. The number of rotatable bonds is 3. The third-order valence-electron chi connectivity index (χ3n) is 1.81. The van der Waals surface area contributed by atoms with Gasteiger partial charge in [0.05, 0.1) is 0 Å². The molecule has 0 aliphatic carbocycles. The van der Waals surface area contributed by atoms with Crippen molar-refractivity contribution in [2.45, 2.75) is 13.3 Å². The molecular weight excluding hydrogens is 244 g/mol. The zero-order valence-corrected chi connectivity index (χ0v) is 9.60. The van der Waals surface area contributed by atoms with Gasteiger partial charge in [-0.05, 0) is 30.7 Å². The number of aryl methyl sites for hydroxylation is 1. The number of carbonyl (C=O) groups excluding carboxylic acids is 1. The van der Waals surface area contributed by atoms with Crippen LogP contribution in [0.4, 0.5) is 5.69 Å². The summed E-state index contributed by atoms with van der Waals surface area (Å²) in [7, 11) is 0. The molecule has 1 rings (SSSR count). The van der Waals surface area contributed by atoms with Crippen molar-refractivity contribution in [3.05, 3.63) is 28.2 Å². The van der Waals surface area contributed by atoms with Gasteiger partial charge in [-0.25, -0.2) is 0 Å². The number of nitrogens with two attached hydrogens (primary N) is 1. The van der Waals surface area contributed by atoms with Crippen molar-refractivity contribution in [1.29, 1.82) is 0 Å². The van der Waals surface area contributed by atoms with Crippen LogP contribution in [-0.2, 0) is 4.79 Å². The molecule has 0 heterocycles. The Hall–Kier alpha value is -0.870. The highest BCUT2D eigenvalue weighted by atomic mass is 79.9. The van der Waals surface area contributed by atoms with Gasteiger partial charge >= 0.3 is 0 Å². The van der Waals surface area contributed by atoms with Crippen molar-refractivity contribution in [1.82, 2.24) is 0 Å². The summed E-state index contributed by atoms with van der Waals surface area (Å²) in [5.74, 6) is -0.0470. The summed E-state index contributed by atoms with van der Waals surface area (Å²) in [5.41, 5.74) is 7.17. The molecule has 3 nitrogen and oxygen atoms in total. The fourth-order valence-corrected chi connectivity index (χ4v) is 1.32. The molecule has 0 unspecified atom stereocenters. The van der Waals surface area contributed by atoms with Gasteiger partial charge in [-0.1, -0.05) is 15.9 Å². The summed E-state index contributed by atoms with van der Waals surface area (Å²) in [5, 5.41) is 2.77. The minimum atomic E-state index is -0.0470. The van der Waals surface area contributed by atoms with Gasteiger partial charge in [-0.15, -0.1) is 0 Å². The molecule has 0 fully saturated rings. The van der Waals surface area contributed by atoms with Gasteiger partial charge in [0.15, 0.2) is 0 Å². The molecule has 4 heteroatoms. The van der Waals surface area contributed by atoms with Crippen molar-refractivity contribution >= 4 is 27.5 Å². The summed E-state index contributed by atoms with van der Waals surface area (Å²) in [6.45, 7) is 2.35. The fourth-order valence-electron chi connectivity index (χ4n) is 1.08. The van der Waals surface area contributed by atoms with Crippen LogP contribution >= 0.6 is 15.9 Å². The first-order valence-electron chi connectivity index (χ1n) is 4.39. The van der Waals surface area contributed by atoms with E-state index in [1.54, 1.807) is 0 Å². The van der Waals surface area contributed by atoms with Crippen molar-refractivity contribution < 1.29 is 4.79 Å². The highest BCUT2D eigenvalue weighted by Gasteiger charge is 2.01. The van der Waals surface area contributed by atoms with Crippen molar-refractivity contribution in [2.75, 3.05) is 11.9 Å². The number of anilines is 1. The molecule has 0 atom stereocenters. The first-order chi connectivity index (χ1) is 6.63. The zero-order valence-electron chi connectivity index (χ0n) is 8.01. The molecule has 0 saturated carbocycles. The topological polar surface area (TPSA) is 55.1 Å². The highest BCUT2D eigenvalue weighted by molar-refractivity contribution is 9.10. The van der Waals surface area contributed by atoms with E-state index in [0.29, 0.717) is 13.0 Å². The predicted molar refractivity (Wildman–Crippen MR) is 61.2 cm³/mol. The molecule has 1 amide bonds. The monoisotopic (exact) mass is 256 g/mol. The predicted octanol–water partition coefficient (Wildman–Crippen LogP) is 2.04. The normalized spacial score (nSPS) is 9.93. The van der Waals surface area contributed by atoms with Crippen LogP contribution in [0.15, 0.2) is 22.7 Å². The van der Waals surface area contributed by atoms with E-state index in [1.165, 1.54) is 0 Å². The Bertz CT molecular complexity index is 339. The molecule has 1 aromatic carbocycles. The van der Waals surface area contributed by atoms with Crippen LogP contribution in [0.1, 0.15) is 12.0 Å². The molecule has 0 aliphatic heterocycles. The van der Waals surface area contributed by atoms with Crippen LogP contribution < -0.4 is 11.1 Å². The van der Waals surface area contributed by atoms with Crippen LogP contribution in [0.5, 0.6) is 0 Å². The molecule has 14 heavy (non-hydrogen) atoms. The van der Waals surface area contributed by atoms with E-state index in [-0.39, 0.29) is 5.91 Å². The van der Waals surface area contributed by atoms with Crippen molar-refractivity contribution in [3.8, 4) is 0 Å². The molecule has 0 spiro atoms. The molecule has 0 radical (unpaired) electrons. The van der Waals surface area contributed by atoms with Crippen molar-refractivity contribution in [2.24, 2.45) is 5.73 Å². The highest BCUT2D eigenvalue weighted by Crippen LogP contribution is 2.19. The lowest BCUT2D eigenvalue weighted by atomic mass is 10.2. The summed E-state index contributed by atoms with van der Waals surface area (Å²) < 4.78 is 1.04. The lowest BCUT2D eigenvalue weighted by Gasteiger charge is -2.05. The molecule has 76 valence electrons. The summed E-state index contributed by atoms with van der Waals surface area (Å²) in [6.07, 6.45) is 0.356. The van der Waals surface area contributed by atoms with Crippen molar-refractivity contribution in [3.63, 3.8) is 0 Å². The number of halogens is 1. The SMILES string of the molecule is Cc1cc(NC(=O)CCN)ccc1Br. The number of hydrogen-bond acceptors (Lipinski definition) is 2. The van der Waals surface area contributed by atoms with Crippen LogP contribution in [-0.4, -0.2) is 12.5 Å². The van der Waals surface area contributed by atoms with Crippen LogP contribution in [0.25, 0.3) is 0 Å². The maximum atomic E-state index is 11.2. The van der Waals surface area contributed by atoms with E-state index in [9.17, 15) is 4.79 Å². The second-order valence-corrected chi connectivity index (χ2v) is 3.91. The smallest absolute Gasteiger partial charge is 0.225 e. The maximum absolute atomic E-state index is 11.2. The molecule has 0 saturated heterocycles. The number of carbonyl (C=O) groups is 1. The van der Waals surface area contributed by atoms with Crippen LogP contribution in [0, 0.1) is 6.92 Å². The third kappa shape index (κ3) is 3.12. The molecule has 0 aromatic heterocycles. The van der Waals surface area contributed by atoms with E-state index >= 15 is 0 Å². The van der Waals surface area contributed by atoms with E-state index < -0.39 is 0 Å². The average molecular weight is 257 g/mol. The van der Waals surface area contributed by atoms with Crippen LogP contribution in [0.3, 0.4) is 0 Å². The first kappa shape index (κ1) is 11.2. The Morgan fingerprint density at radius 3 is 2.86 bits per heavy atom. The summed E-state index contributed by atoms with van der Waals surface area (Å²) >= 11 is 3.39. The maximum Gasteiger partial charge on any atom is 0.225 e. The zero-order chi connectivity index (χ0) is 10.6. The molecular formula is C10H13BrN2O. The molecule has 0 bridgehead atoms. The molecule has 3 N–H and O–H groups in total. The van der Waals surface area contributed by atoms with E-state index in [2.05, 4.69) is 21.2 Å². The number of nitrogens with one attached hydrogen (secondary N) is 1.